The molecule has 1 amide bonds. The van der Waals surface area contributed by atoms with E-state index in [0.29, 0.717) is 18.1 Å². The molecule has 1 atom stereocenters. The maximum absolute atomic E-state index is 12.0. The second-order valence-electron chi connectivity index (χ2n) is 4.71. The molecule has 1 aliphatic heterocycles. The van der Waals surface area contributed by atoms with E-state index < -0.39 is 16.2 Å². The molecule has 1 unspecified atom stereocenters. The molecule has 0 aromatic heterocycles. The Hall–Kier alpha value is -0.420. The third kappa shape index (κ3) is 3.28. The lowest BCUT2D eigenvalue weighted by molar-refractivity contribution is -0.130. The van der Waals surface area contributed by atoms with Gasteiger partial charge in [0.2, 0.25) is 5.91 Å². The predicted octanol–water partition coefficient (Wildman–Crippen LogP) is 0.389. The van der Waals surface area contributed by atoms with Crippen molar-refractivity contribution in [3.63, 3.8) is 0 Å². The third-order valence-electron chi connectivity index (χ3n) is 3.50. The highest BCUT2D eigenvalue weighted by atomic mass is 32.2. The Morgan fingerprint density at radius 3 is 2.50 bits per heavy atom. The lowest BCUT2D eigenvalue weighted by atomic mass is 9.86. The van der Waals surface area contributed by atoms with E-state index >= 15 is 0 Å². The number of hydrogen-bond acceptors (Lipinski definition) is 3. The number of carbonyl (C=O) groups is 1. The first-order chi connectivity index (χ1) is 7.51. The van der Waals surface area contributed by atoms with E-state index in [1.165, 1.54) is 0 Å². The molecule has 1 fully saturated rings. The summed E-state index contributed by atoms with van der Waals surface area (Å²) in [7, 11) is -0.676. The normalized spacial score (nSPS) is 29.4. The molecule has 5 heteroatoms. The van der Waals surface area contributed by atoms with Gasteiger partial charge >= 0.3 is 0 Å². The van der Waals surface area contributed by atoms with Crippen LogP contribution in [-0.4, -0.2) is 34.2 Å². The van der Waals surface area contributed by atoms with Gasteiger partial charge in [-0.2, -0.15) is 0 Å². The molecule has 1 saturated heterocycles. The van der Waals surface area contributed by atoms with E-state index in [-0.39, 0.29) is 11.9 Å². The summed E-state index contributed by atoms with van der Waals surface area (Å²) in [6.45, 7) is 4.24. The Bertz CT molecular complexity index is 267. The first kappa shape index (κ1) is 13.6. The molecule has 3 N–H and O–H groups in total. The number of hydrogen-bond donors (Lipinski definition) is 2. The van der Waals surface area contributed by atoms with Crippen LogP contribution in [0.15, 0.2) is 0 Å². The van der Waals surface area contributed by atoms with E-state index in [1.807, 2.05) is 13.8 Å². The van der Waals surface area contributed by atoms with Crippen molar-refractivity contribution >= 4 is 16.7 Å². The summed E-state index contributed by atoms with van der Waals surface area (Å²) in [6.07, 6.45) is 2.39. The van der Waals surface area contributed by atoms with Crippen LogP contribution < -0.4 is 11.1 Å². The zero-order valence-electron chi connectivity index (χ0n) is 10.1. The number of nitrogens with two attached hydrogens (primary N) is 1. The van der Waals surface area contributed by atoms with Crippen LogP contribution in [-0.2, 0) is 15.6 Å². The summed E-state index contributed by atoms with van der Waals surface area (Å²) in [4.78, 5) is 12.0. The van der Waals surface area contributed by atoms with Gasteiger partial charge in [0.15, 0.2) is 0 Å². The second-order valence-corrected chi connectivity index (χ2v) is 6.41. The highest BCUT2D eigenvalue weighted by Gasteiger charge is 2.31. The van der Waals surface area contributed by atoms with Gasteiger partial charge in [-0.3, -0.25) is 9.00 Å². The number of nitrogens with one attached hydrogen (secondary N) is 1. The van der Waals surface area contributed by atoms with Gasteiger partial charge in [0.25, 0.3) is 0 Å². The lowest BCUT2D eigenvalue weighted by Crippen LogP contribution is -2.49. The fourth-order valence-corrected chi connectivity index (χ4v) is 2.99. The van der Waals surface area contributed by atoms with Crippen molar-refractivity contribution in [2.75, 3.05) is 18.1 Å². The SMILES string of the molecule is CCC(C)(CN)C(=O)NC1CCS(=O)CC1. The van der Waals surface area contributed by atoms with E-state index in [0.717, 1.165) is 19.3 Å². The van der Waals surface area contributed by atoms with Gasteiger partial charge in [0.05, 0.1) is 5.41 Å². The molecule has 1 rings (SSSR count). The molecular weight excluding hydrogens is 224 g/mol. The van der Waals surface area contributed by atoms with Crippen molar-refractivity contribution in [3.05, 3.63) is 0 Å². The van der Waals surface area contributed by atoms with Crippen LogP contribution in [0.25, 0.3) is 0 Å². The lowest BCUT2D eigenvalue weighted by Gasteiger charge is -2.30. The molecule has 0 aromatic carbocycles. The van der Waals surface area contributed by atoms with Gasteiger partial charge in [-0.15, -0.1) is 0 Å². The fraction of sp³-hybridized carbons (Fsp3) is 0.909. The maximum Gasteiger partial charge on any atom is 0.227 e. The molecule has 0 bridgehead atoms. The molecule has 94 valence electrons. The standard InChI is InChI=1S/C11H22N2O2S/c1-3-11(2,8-12)10(14)13-9-4-6-16(15)7-5-9/h9H,3-8,12H2,1-2H3,(H,13,14). The van der Waals surface area contributed by atoms with Crippen molar-refractivity contribution in [2.24, 2.45) is 11.1 Å². The van der Waals surface area contributed by atoms with Crippen LogP contribution in [0.5, 0.6) is 0 Å². The smallest absolute Gasteiger partial charge is 0.227 e. The van der Waals surface area contributed by atoms with Crippen LogP contribution >= 0.6 is 0 Å². The van der Waals surface area contributed by atoms with Gasteiger partial charge < -0.3 is 11.1 Å². The molecular formula is C11H22N2O2S. The van der Waals surface area contributed by atoms with Gasteiger partial charge in [0, 0.05) is 34.9 Å². The summed E-state index contributed by atoms with van der Waals surface area (Å²) < 4.78 is 11.2. The maximum atomic E-state index is 12.0. The third-order valence-corrected chi connectivity index (χ3v) is 4.88. The largest absolute Gasteiger partial charge is 0.353 e. The number of carbonyl (C=O) groups excluding carboxylic acids is 1. The van der Waals surface area contributed by atoms with Crippen molar-refractivity contribution in [2.45, 2.75) is 39.2 Å². The number of amides is 1. The van der Waals surface area contributed by atoms with Crippen LogP contribution in [0.2, 0.25) is 0 Å². The quantitative estimate of drug-likeness (QED) is 0.753. The molecule has 16 heavy (non-hydrogen) atoms. The molecule has 0 spiro atoms. The molecule has 0 saturated carbocycles. The summed E-state index contributed by atoms with van der Waals surface area (Å²) >= 11 is 0. The minimum atomic E-state index is -0.676. The molecule has 4 nitrogen and oxygen atoms in total. The average molecular weight is 246 g/mol. The number of rotatable bonds is 4. The fourth-order valence-electron chi connectivity index (χ4n) is 1.70. The van der Waals surface area contributed by atoms with Gasteiger partial charge in [-0.1, -0.05) is 6.92 Å². The van der Waals surface area contributed by atoms with Gasteiger partial charge in [0.1, 0.15) is 0 Å². The molecule has 0 aliphatic carbocycles. The van der Waals surface area contributed by atoms with Gasteiger partial charge in [-0.05, 0) is 26.2 Å². The summed E-state index contributed by atoms with van der Waals surface area (Å²) in [5.74, 6) is 1.45. The first-order valence-electron chi connectivity index (χ1n) is 5.88. The minimum absolute atomic E-state index is 0.0372. The van der Waals surface area contributed by atoms with Crippen molar-refractivity contribution < 1.29 is 9.00 Å². The minimum Gasteiger partial charge on any atom is -0.353 e. The first-order valence-corrected chi connectivity index (χ1v) is 7.36. The summed E-state index contributed by atoms with van der Waals surface area (Å²) in [6, 6.07) is 0.183. The topological polar surface area (TPSA) is 72.2 Å². The highest BCUT2D eigenvalue weighted by Crippen LogP contribution is 2.20. The van der Waals surface area contributed by atoms with E-state index in [2.05, 4.69) is 5.32 Å². The zero-order chi connectivity index (χ0) is 12.2. The van der Waals surface area contributed by atoms with Crippen LogP contribution in [0.4, 0.5) is 0 Å². The highest BCUT2D eigenvalue weighted by molar-refractivity contribution is 7.85. The van der Waals surface area contributed by atoms with E-state index in [4.69, 9.17) is 5.73 Å². The predicted molar refractivity (Wildman–Crippen MR) is 66.5 cm³/mol. The van der Waals surface area contributed by atoms with E-state index in [1.54, 1.807) is 0 Å². The Morgan fingerprint density at radius 2 is 2.06 bits per heavy atom. The Balaban J connectivity index is 2.48. The Morgan fingerprint density at radius 1 is 1.50 bits per heavy atom. The Kier molecular flexibility index (Phi) is 4.92. The summed E-state index contributed by atoms with van der Waals surface area (Å²) in [5.41, 5.74) is 5.17. The molecule has 0 aromatic rings. The molecule has 0 radical (unpaired) electrons. The van der Waals surface area contributed by atoms with Gasteiger partial charge in [-0.25, -0.2) is 0 Å². The Labute approximate surface area is 99.8 Å². The van der Waals surface area contributed by atoms with E-state index in [9.17, 15) is 9.00 Å². The van der Waals surface area contributed by atoms with Crippen molar-refractivity contribution in [3.8, 4) is 0 Å². The second kappa shape index (κ2) is 5.77. The van der Waals surface area contributed by atoms with Crippen LogP contribution in [0.3, 0.4) is 0 Å². The van der Waals surface area contributed by atoms with Crippen molar-refractivity contribution in [1.82, 2.24) is 5.32 Å². The monoisotopic (exact) mass is 246 g/mol. The summed E-state index contributed by atoms with van der Waals surface area (Å²) in [5, 5.41) is 3.03. The zero-order valence-corrected chi connectivity index (χ0v) is 10.9. The van der Waals surface area contributed by atoms with Crippen molar-refractivity contribution in [1.29, 1.82) is 0 Å². The van der Waals surface area contributed by atoms with Crippen LogP contribution in [0.1, 0.15) is 33.1 Å². The van der Waals surface area contributed by atoms with Crippen LogP contribution in [0, 0.1) is 5.41 Å². The molecule has 1 heterocycles. The average Bonchev–Trinajstić information content (AvgIpc) is 2.31. The molecule has 1 aliphatic rings.